The molecule has 0 bridgehead atoms. The summed E-state index contributed by atoms with van der Waals surface area (Å²) in [6.07, 6.45) is 0. The summed E-state index contributed by atoms with van der Waals surface area (Å²) in [5.74, 6) is 0. The van der Waals surface area contributed by atoms with Crippen molar-refractivity contribution in [1.29, 1.82) is 0 Å². The fourth-order valence-electron chi connectivity index (χ4n) is 0. The van der Waals surface area contributed by atoms with Crippen LogP contribution in [0.4, 0.5) is 0 Å². The monoisotopic (exact) mass is 223 g/mol. The van der Waals surface area contributed by atoms with Crippen molar-refractivity contribution in [3.8, 4) is 0 Å². The molecule has 0 amide bonds. The molecule has 0 aliphatic carbocycles. The molecule has 0 heterocycles. The SMILES string of the molecule is N.O.O.O.O.[Cs+].[H-]. The molecule has 0 saturated carbocycles. The molecule has 0 radical (unpaired) electrons. The van der Waals surface area contributed by atoms with Gasteiger partial charge in [-0.25, -0.2) is 0 Å². The normalized spacial score (nSPS) is 0. The summed E-state index contributed by atoms with van der Waals surface area (Å²) < 4.78 is 0. The van der Waals surface area contributed by atoms with Crippen LogP contribution in [0.3, 0.4) is 0 Å². The van der Waals surface area contributed by atoms with Gasteiger partial charge in [-0.05, 0) is 0 Å². The summed E-state index contributed by atoms with van der Waals surface area (Å²) in [6, 6.07) is 0. The molecule has 0 atom stereocenters. The van der Waals surface area contributed by atoms with Crippen LogP contribution in [0.2, 0.25) is 0 Å². The summed E-state index contributed by atoms with van der Waals surface area (Å²) in [5, 5.41) is 0. The Kier molecular flexibility index (Phi) is 1230. The Morgan fingerprint density at radius 1 is 0.667 bits per heavy atom. The fourth-order valence-corrected chi connectivity index (χ4v) is 0. The average molecular weight is 223 g/mol. The molecule has 0 aliphatic heterocycles. The van der Waals surface area contributed by atoms with Gasteiger partial charge in [-0.3, -0.25) is 0 Å². The van der Waals surface area contributed by atoms with Crippen molar-refractivity contribution in [3.05, 3.63) is 0 Å². The molecule has 0 aromatic heterocycles. The first-order chi connectivity index (χ1) is 0. The van der Waals surface area contributed by atoms with Gasteiger partial charge in [-0.1, -0.05) is 0 Å². The van der Waals surface area contributed by atoms with Gasteiger partial charge < -0.3 is 29.5 Å². The van der Waals surface area contributed by atoms with Crippen LogP contribution in [-0.4, -0.2) is 21.9 Å². The zero-order valence-corrected chi connectivity index (χ0v) is 9.99. The van der Waals surface area contributed by atoms with Crippen LogP contribution in [0.25, 0.3) is 0 Å². The van der Waals surface area contributed by atoms with Gasteiger partial charge >= 0.3 is 68.9 Å². The zero-order valence-electron chi connectivity index (χ0n) is 4.71. The van der Waals surface area contributed by atoms with E-state index in [-0.39, 0.29) is 98.4 Å². The topological polar surface area (TPSA) is 161 Å². The zero-order chi connectivity index (χ0) is 0. The van der Waals surface area contributed by atoms with Crippen molar-refractivity contribution in [2.24, 2.45) is 0 Å². The van der Waals surface area contributed by atoms with Crippen LogP contribution >= 0.6 is 0 Å². The van der Waals surface area contributed by atoms with Crippen molar-refractivity contribution >= 4 is 0 Å². The molecule has 0 aromatic carbocycles. The molecular formula is H12CsNO4. The third kappa shape index (κ3) is 40.2. The van der Waals surface area contributed by atoms with Crippen LogP contribution in [0.1, 0.15) is 1.43 Å². The Morgan fingerprint density at radius 3 is 0.667 bits per heavy atom. The van der Waals surface area contributed by atoms with Crippen LogP contribution in [0, 0.1) is 0 Å². The standard InChI is InChI=1S/Cs.H3N.4H2O.H/h;1H3;4*1H2;/q+1;;;;;;-1. The molecule has 42 valence electrons. The second-order valence-corrected chi connectivity index (χ2v) is 0. The molecule has 6 heteroatoms. The van der Waals surface area contributed by atoms with E-state index >= 15 is 0 Å². The third-order valence-electron chi connectivity index (χ3n) is 0. The Morgan fingerprint density at radius 2 is 0.667 bits per heavy atom. The van der Waals surface area contributed by atoms with E-state index in [0.717, 1.165) is 0 Å². The second-order valence-electron chi connectivity index (χ2n) is 0. The molecule has 0 aliphatic rings. The van der Waals surface area contributed by atoms with E-state index in [1.54, 1.807) is 0 Å². The smallest absolute Gasteiger partial charge is 1.00 e. The predicted molar refractivity (Wildman–Crippen MR) is 20.6 cm³/mol. The van der Waals surface area contributed by atoms with E-state index in [4.69, 9.17) is 0 Å². The quantitative estimate of drug-likeness (QED) is 0.425. The van der Waals surface area contributed by atoms with Crippen LogP contribution in [0.5, 0.6) is 0 Å². The summed E-state index contributed by atoms with van der Waals surface area (Å²) in [6.45, 7) is 0. The minimum Gasteiger partial charge on any atom is -1.00 e. The van der Waals surface area contributed by atoms with Gasteiger partial charge in [0.1, 0.15) is 0 Å². The first-order valence-electron chi connectivity index (χ1n) is 0. The Labute approximate surface area is 96.2 Å². The molecule has 0 saturated heterocycles. The van der Waals surface area contributed by atoms with Crippen LogP contribution in [0.15, 0.2) is 0 Å². The summed E-state index contributed by atoms with van der Waals surface area (Å²) in [7, 11) is 0. The van der Waals surface area contributed by atoms with Crippen molar-refractivity contribution in [3.63, 3.8) is 0 Å². The van der Waals surface area contributed by atoms with Crippen molar-refractivity contribution in [1.82, 2.24) is 6.15 Å². The fraction of sp³-hybridized carbons (Fsp3) is 0. The Bertz CT molecular complexity index is 11.7. The maximum Gasteiger partial charge on any atom is 1.00 e. The van der Waals surface area contributed by atoms with E-state index in [0.29, 0.717) is 0 Å². The minimum absolute atomic E-state index is 0. The summed E-state index contributed by atoms with van der Waals surface area (Å²) in [5.41, 5.74) is 0. The van der Waals surface area contributed by atoms with E-state index in [1.165, 1.54) is 0 Å². The van der Waals surface area contributed by atoms with Crippen molar-refractivity contribution in [2.45, 2.75) is 0 Å². The molecule has 0 rings (SSSR count). The van der Waals surface area contributed by atoms with Gasteiger partial charge in [-0.2, -0.15) is 0 Å². The van der Waals surface area contributed by atoms with Crippen LogP contribution in [-0.2, 0) is 0 Å². The van der Waals surface area contributed by atoms with E-state index < -0.39 is 0 Å². The molecule has 5 nitrogen and oxygen atoms in total. The van der Waals surface area contributed by atoms with Gasteiger partial charge in [0.2, 0.25) is 0 Å². The van der Waals surface area contributed by atoms with Gasteiger partial charge in [-0.15, -0.1) is 0 Å². The first kappa shape index (κ1) is 107. The van der Waals surface area contributed by atoms with E-state index in [1.807, 2.05) is 0 Å². The van der Waals surface area contributed by atoms with Gasteiger partial charge in [0.15, 0.2) is 0 Å². The maximum atomic E-state index is 0. The average Bonchev–Trinajstić information content (AvgIpc) is 0. The first-order valence-corrected chi connectivity index (χ1v) is 0. The molecule has 0 fully saturated rings. The van der Waals surface area contributed by atoms with Crippen molar-refractivity contribution in [2.75, 3.05) is 0 Å². The van der Waals surface area contributed by atoms with Crippen molar-refractivity contribution < 1.29 is 92.2 Å². The summed E-state index contributed by atoms with van der Waals surface area (Å²) in [4.78, 5) is 0. The second kappa shape index (κ2) is 68.4. The molecule has 11 N–H and O–H groups in total. The molecule has 0 spiro atoms. The van der Waals surface area contributed by atoms with Gasteiger partial charge in [0.05, 0.1) is 0 Å². The van der Waals surface area contributed by atoms with E-state index in [2.05, 4.69) is 0 Å². The van der Waals surface area contributed by atoms with Crippen LogP contribution < -0.4 is 75.0 Å². The Hall–Kier alpha value is 1.85. The number of hydrogen-bond acceptors (Lipinski definition) is 1. The third-order valence-corrected chi connectivity index (χ3v) is 0. The number of rotatable bonds is 0. The maximum absolute atomic E-state index is 0. The minimum atomic E-state index is 0. The summed E-state index contributed by atoms with van der Waals surface area (Å²) >= 11 is 0. The van der Waals surface area contributed by atoms with E-state index in [9.17, 15) is 0 Å². The Balaban J connectivity index is 0. The number of hydrogen-bond donors (Lipinski definition) is 1. The molecule has 6 heavy (non-hydrogen) atoms. The largest absolute Gasteiger partial charge is 1.00 e. The van der Waals surface area contributed by atoms with Gasteiger partial charge in [0, 0.05) is 0 Å². The predicted octanol–water partition coefficient (Wildman–Crippen LogP) is -6.02. The molecule has 0 aromatic rings. The molecular weight excluding hydrogens is 211 g/mol. The van der Waals surface area contributed by atoms with Gasteiger partial charge in [0.25, 0.3) is 0 Å². The molecule has 0 unspecified atom stereocenters.